The molecule has 0 aliphatic carbocycles. The monoisotopic (exact) mass is 406 g/mol. The van der Waals surface area contributed by atoms with E-state index >= 15 is 0 Å². The fourth-order valence-electron chi connectivity index (χ4n) is 2.67. The SMILES string of the molecule is CCNC(=NCc1coc(-c2ccc(C)cc2)n1)NCCNC(=O)c1cccnc1. The number of hydrogen-bond donors (Lipinski definition) is 3. The number of carbonyl (C=O) groups excluding carboxylic acids is 1. The predicted octanol–water partition coefficient (Wildman–Crippen LogP) is 2.53. The molecule has 0 aliphatic rings. The number of amides is 1. The van der Waals surface area contributed by atoms with Crippen LogP contribution in [0.4, 0.5) is 0 Å². The van der Waals surface area contributed by atoms with Crippen molar-refractivity contribution in [1.82, 2.24) is 25.9 Å². The van der Waals surface area contributed by atoms with E-state index in [4.69, 9.17) is 4.42 Å². The van der Waals surface area contributed by atoms with Crippen molar-refractivity contribution in [2.24, 2.45) is 4.99 Å². The molecule has 0 bridgehead atoms. The quantitative estimate of drug-likeness (QED) is 0.302. The minimum Gasteiger partial charge on any atom is -0.444 e. The molecule has 0 aliphatic heterocycles. The standard InChI is InChI=1S/C22H26N6O2/c1-3-24-22(26-12-11-25-20(29)18-5-4-10-23-13-18)27-14-19-15-30-21(28-19)17-8-6-16(2)7-9-17/h4-10,13,15H,3,11-12,14H2,1-2H3,(H,25,29)(H2,24,26,27). The third kappa shape index (κ3) is 6.16. The van der Waals surface area contributed by atoms with Crippen molar-refractivity contribution < 1.29 is 9.21 Å². The van der Waals surface area contributed by atoms with Crippen LogP contribution in [-0.2, 0) is 6.54 Å². The zero-order chi connectivity index (χ0) is 21.2. The Morgan fingerprint density at radius 2 is 1.90 bits per heavy atom. The number of nitrogens with zero attached hydrogens (tertiary/aromatic N) is 3. The van der Waals surface area contributed by atoms with E-state index in [-0.39, 0.29) is 5.91 Å². The van der Waals surface area contributed by atoms with Gasteiger partial charge in [-0.1, -0.05) is 17.7 Å². The number of carbonyl (C=O) groups is 1. The Kier molecular flexibility index (Phi) is 7.54. The number of guanidine groups is 1. The van der Waals surface area contributed by atoms with E-state index in [1.165, 1.54) is 11.8 Å². The molecule has 0 saturated carbocycles. The van der Waals surface area contributed by atoms with Crippen molar-refractivity contribution >= 4 is 11.9 Å². The highest BCUT2D eigenvalue weighted by Gasteiger charge is 2.07. The number of nitrogens with one attached hydrogen (secondary N) is 3. The summed E-state index contributed by atoms with van der Waals surface area (Å²) < 4.78 is 5.58. The molecule has 0 unspecified atom stereocenters. The van der Waals surface area contributed by atoms with Crippen molar-refractivity contribution in [3.05, 3.63) is 71.9 Å². The first-order chi connectivity index (χ1) is 14.7. The fraction of sp³-hybridized carbons (Fsp3) is 0.273. The van der Waals surface area contributed by atoms with E-state index in [1.54, 1.807) is 24.6 Å². The van der Waals surface area contributed by atoms with Gasteiger partial charge < -0.3 is 20.4 Å². The molecule has 3 rings (SSSR count). The second-order valence-electron chi connectivity index (χ2n) is 6.63. The molecule has 30 heavy (non-hydrogen) atoms. The molecule has 1 aromatic carbocycles. The van der Waals surface area contributed by atoms with Crippen LogP contribution in [0.3, 0.4) is 0 Å². The molecule has 2 aromatic heterocycles. The highest BCUT2D eigenvalue weighted by molar-refractivity contribution is 5.93. The number of rotatable bonds is 8. The van der Waals surface area contributed by atoms with Gasteiger partial charge in [0.2, 0.25) is 5.89 Å². The maximum absolute atomic E-state index is 12.0. The van der Waals surface area contributed by atoms with Crippen molar-refractivity contribution in [3.63, 3.8) is 0 Å². The van der Waals surface area contributed by atoms with Gasteiger partial charge in [0.05, 0.1) is 12.1 Å². The van der Waals surface area contributed by atoms with Crippen LogP contribution >= 0.6 is 0 Å². The average Bonchev–Trinajstić information content (AvgIpc) is 3.25. The third-order valence-corrected chi connectivity index (χ3v) is 4.22. The smallest absolute Gasteiger partial charge is 0.252 e. The normalized spacial score (nSPS) is 11.2. The van der Waals surface area contributed by atoms with Crippen molar-refractivity contribution in [2.45, 2.75) is 20.4 Å². The lowest BCUT2D eigenvalue weighted by atomic mass is 10.1. The van der Waals surface area contributed by atoms with Crippen LogP contribution in [0.15, 0.2) is 64.5 Å². The summed E-state index contributed by atoms with van der Waals surface area (Å²) in [5.41, 5.74) is 3.40. The summed E-state index contributed by atoms with van der Waals surface area (Å²) in [5.74, 6) is 1.07. The van der Waals surface area contributed by atoms with Crippen LogP contribution in [-0.4, -0.2) is 41.5 Å². The molecule has 156 valence electrons. The molecule has 0 fully saturated rings. The van der Waals surface area contributed by atoms with Gasteiger partial charge in [0.1, 0.15) is 12.0 Å². The minimum absolute atomic E-state index is 0.155. The number of hydrogen-bond acceptors (Lipinski definition) is 5. The maximum Gasteiger partial charge on any atom is 0.252 e. The van der Waals surface area contributed by atoms with Gasteiger partial charge in [-0.05, 0) is 38.1 Å². The summed E-state index contributed by atoms with van der Waals surface area (Å²) in [6.07, 6.45) is 4.80. The summed E-state index contributed by atoms with van der Waals surface area (Å²) in [5, 5.41) is 9.21. The molecular weight excluding hydrogens is 380 g/mol. The Morgan fingerprint density at radius 1 is 1.10 bits per heavy atom. The van der Waals surface area contributed by atoms with Gasteiger partial charge in [-0.2, -0.15) is 0 Å². The summed E-state index contributed by atoms with van der Waals surface area (Å²) in [7, 11) is 0. The van der Waals surface area contributed by atoms with Gasteiger partial charge in [0.25, 0.3) is 5.91 Å². The van der Waals surface area contributed by atoms with Crippen molar-refractivity contribution in [1.29, 1.82) is 0 Å². The van der Waals surface area contributed by atoms with Crippen LogP contribution in [0, 0.1) is 6.92 Å². The van der Waals surface area contributed by atoms with Gasteiger partial charge >= 0.3 is 0 Å². The molecule has 3 aromatic rings. The van der Waals surface area contributed by atoms with Gasteiger partial charge in [0.15, 0.2) is 5.96 Å². The number of aliphatic imine (C=N–C) groups is 1. The van der Waals surface area contributed by atoms with Crippen LogP contribution in [0.1, 0.15) is 28.5 Å². The molecule has 0 atom stereocenters. The van der Waals surface area contributed by atoms with E-state index in [0.717, 1.165) is 17.8 Å². The lowest BCUT2D eigenvalue weighted by Crippen LogP contribution is -2.41. The number of pyridine rings is 1. The summed E-state index contributed by atoms with van der Waals surface area (Å²) in [6.45, 7) is 6.13. The average molecular weight is 406 g/mol. The van der Waals surface area contributed by atoms with Gasteiger partial charge in [0, 0.05) is 37.6 Å². The molecule has 0 spiro atoms. The largest absolute Gasteiger partial charge is 0.444 e. The molecule has 1 amide bonds. The Hall–Kier alpha value is -3.68. The summed E-state index contributed by atoms with van der Waals surface area (Å²) in [4.78, 5) is 25.0. The van der Waals surface area contributed by atoms with Crippen LogP contribution in [0.25, 0.3) is 11.5 Å². The van der Waals surface area contributed by atoms with Gasteiger partial charge in [-0.3, -0.25) is 9.78 Å². The number of aromatic nitrogens is 2. The van der Waals surface area contributed by atoms with E-state index in [9.17, 15) is 4.79 Å². The van der Waals surface area contributed by atoms with E-state index < -0.39 is 0 Å². The summed E-state index contributed by atoms with van der Waals surface area (Å²) >= 11 is 0. The van der Waals surface area contributed by atoms with Gasteiger partial charge in [-0.15, -0.1) is 0 Å². The molecule has 0 saturated heterocycles. The van der Waals surface area contributed by atoms with Gasteiger partial charge in [-0.25, -0.2) is 9.98 Å². The lowest BCUT2D eigenvalue weighted by Gasteiger charge is -2.11. The molecule has 8 heteroatoms. The topological polar surface area (TPSA) is 104 Å². The molecule has 0 radical (unpaired) electrons. The first-order valence-corrected chi connectivity index (χ1v) is 9.87. The van der Waals surface area contributed by atoms with Crippen LogP contribution in [0.2, 0.25) is 0 Å². The predicted molar refractivity (Wildman–Crippen MR) is 116 cm³/mol. The maximum atomic E-state index is 12.0. The number of benzene rings is 1. The second kappa shape index (κ2) is 10.8. The zero-order valence-electron chi connectivity index (χ0n) is 17.2. The summed E-state index contributed by atoms with van der Waals surface area (Å²) in [6, 6.07) is 11.5. The molecular formula is C22H26N6O2. The van der Waals surface area contributed by atoms with Crippen molar-refractivity contribution in [2.75, 3.05) is 19.6 Å². The van der Waals surface area contributed by atoms with Crippen molar-refractivity contribution in [3.8, 4) is 11.5 Å². The van der Waals surface area contributed by atoms with Crippen LogP contribution < -0.4 is 16.0 Å². The number of aryl methyl sites for hydroxylation is 1. The third-order valence-electron chi connectivity index (χ3n) is 4.22. The zero-order valence-corrected chi connectivity index (χ0v) is 17.2. The second-order valence-corrected chi connectivity index (χ2v) is 6.63. The Bertz CT molecular complexity index is 967. The Morgan fingerprint density at radius 3 is 2.63 bits per heavy atom. The molecule has 3 N–H and O–H groups in total. The molecule has 2 heterocycles. The lowest BCUT2D eigenvalue weighted by molar-refractivity contribution is 0.0954. The first kappa shape index (κ1) is 21.0. The molecule has 8 nitrogen and oxygen atoms in total. The van der Waals surface area contributed by atoms with E-state index in [2.05, 4.69) is 30.9 Å². The van der Waals surface area contributed by atoms with E-state index in [1.807, 2.05) is 38.1 Å². The van der Waals surface area contributed by atoms with E-state index in [0.29, 0.717) is 37.0 Å². The highest BCUT2D eigenvalue weighted by Crippen LogP contribution is 2.19. The van der Waals surface area contributed by atoms with Crippen LogP contribution in [0.5, 0.6) is 0 Å². The Labute approximate surface area is 175 Å². The first-order valence-electron chi connectivity index (χ1n) is 9.87. The highest BCUT2D eigenvalue weighted by atomic mass is 16.3. The Balaban J connectivity index is 1.49. The fourth-order valence-corrected chi connectivity index (χ4v) is 2.67. The number of oxazole rings is 1. The minimum atomic E-state index is -0.155.